The Kier molecular flexibility index (Phi) is 4.88. The molecule has 33 heavy (non-hydrogen) atoms. The third-order valence-corrected chi connectivity index (χ3v) is 6.81. The van der Waals surface area contributed by atoms with Gasteiger partial charge in [-0.05, 0) is 80.0 Å². The second kappa shape index (κ2) is 8.05. The third-order valence-electron chi connectivity index (χ3n) is 6.81. The monoisotopic (exact) mass is 440 g/mol. The molecule has 0 bridgehead atoms. The minimum absolute atomic E-state index is 0.0330. The highest BCUT2D eigenvalue weighted by molar-refractivity contribution is 5.93. The molecule has 0 spiro atoms. The van der Waals surface area contributed by atoms with Crippen LogP contribution in [-0.4, -0.2) is 21.4 Å². The molecule has 166 valence electrons. The van der Waals surface area contributed by atoms with Gasteiger partial charge in [0.15, 0.2) is 18.4 Å². The summed E-state index contributed by atoms with van der Waals surface area (Å²) in [5.74, 6) is 1.41. The first-order chi connectivity index (χ1) is 16.2. The Balaban J connectivity index is 1.38. The molecule has 0 amide bonds. The number of fused-ring (bicyclic) bond motifs is 2. The van der Waals surface area contributed by atoms with Gasteiger partial charge in [-0.2, -0.15) is 10.4 Å². The Labute approximate surface area is 191 Å². The number of oxazole rings is 1. The lowest BCUT2D eigenvalue weighted by Gasteiger charge is -2.23. The van der Waals surface area contributed by atoms with E-state index in [1.807, 2.05) is 35.9 Å². The van der Waals surface area contributed by atoms with Gasteiger partial charge in [-0.3, -0.25) is 0 Å². The summed E-state index contributed by atoms with van der Waals surface area (Å²) in [6.45, 7) is 2.77. The van der Waals surface area contributed by atoms with Crippen LogP contribution in [0.15, 0.2) is 47.3 Å². The van der Waals surface area contributed by atoms with Gasteiger partial charge >= 0.3 is 0 Å². The van der Waals surface area contributed by atoms with Crippen LogP contribution in [-0.2, 0) is 11.2 Å². The zero-order chi connectivity index (χ0) is 22.4. The molecule has 1 fully saturated rings. The molecule has 0 radical (unpaired) electrons. The Morgan fingerprint density at radius 2 is 2.12 bits per heavy atom. The van der Waals surface area contributed by atoms with Crippen LogP contribution in [0.3, 0.4) is 0 Å². The molecular formula is C26H24N4O3. The molecule has 7 nitrogen and oxygen atoms in total. The van der Waals surface area contributed by atoms with E-state index < -0.39 is 0 Å². The molecule has 2 unspecified atom stereocenters. The lowest BCUT2D eigenvalue weighted by atomic mass is 9.99. The number of hydrogen-bond acceptors (Lipinski definition) is 6. The Hall–Kier alpha value is -3.63. The predicted octanol–water partition coefficient (Wildman–Crippen LogP) is 5.64. The van der Waals surface area contributed by atoms with Crippen molar-refractivity contribution < 1.29 is 13.9 Å². The van der Waals surface area contributed by atoms with E-state index in [9.17, 15) is 5.26 Å². The van der Waals surface area contributed by atoms with Crippen molar-refractivity contribution in [2.45, 2.75) is 51.4 Å². The lowest BCUT2D eigenvalue weighted by molar-refractivity contribution is -0.0365. The molecule has 0 saturated carbocycles. The van der Waals surface area contributed by atoms with Crippen molar-refractivity contribution in [2.75, 3.05) is 6.61 Å². The summed E-state index contributed by atoms with van der Waals surface area (Å²) in [7, 11) is 0. The molecule has 1 saturated heterocycles. The average molecular weight is 441 g/mol. The fourth-order valence-corrected chi connectivity index (χ4v) is 5.09. The van der Waals surface area contributed by atoms with Gasteiger partial charge in [0.05, 0.1) is 23.3 Å². The number of hydrogen-bond donors (Lipinski definition) is 0. The van der Waals surface area contributed by atoms with Crippen LogP contribution in [0.4, 0.5) is 0 Å². The van der Waals surface area contributed by atoms with Gasteiger partial charge in [-0.1, -0.05) is 6.07 Å². The quantitative estimate of drug-likeness (QED) is 0.408. The Morgan fingerprint density at radius 1 is 1.18 bits per heavy atom. The smallest absolute Gasteiger partial charge is 0.181 e. The minimum Gasteiger partial charge on any atom is -0.486 e. The first-order valence-corrected chi connectivity index (χ1v) is 11.4. The summed E-state index contributed by atoms with van der Waals surface area (Å²) in [5.41, 5.74) is 5.95. The van der Waals surface area contributed by atoms with E-state index in [-0.39, 0.29) is 12.3 Å². The Morgan fingerprint density at radius 3 is 2.91 bits per heavy atom. The number of nitriles is 1. The highest BCUT2D eigenvalue weighted by atomic mass is 16.5. The number of nitrogens with zero attached hydrogens (tertiary/aromatic N) is 4. The predicted molar refractivity (Wildman–Crippen MR) is 122 cm³/mol. The van der Waals surface area contributed by atoms with Gasteiger partial charge in [-0.15, -0.1) is 0 Å². The standard InChI is InChI=1S/C26H24N4O3/c1-16-17(13-27)5-7-20-19(16)8-10-23(20)33-18-6-9-22-21(12-18)26(24-14-28-15-32-24)29-30(22)25-4-2-3-11-31-25/h5-7,9,12,14-15,23,25H,2-4,8,10-11H2,1H3. The first kappa shape index (κ1) is 20.0. The van der Waals surface area contributed by atoms with Gasteiger partial charge in [0, 0.05) is 12.0 Å². The summed E-state index contributed by atoms with van der Waals surface area (Å²) in [6, 6.07) is 12.3. The van der Waals surface area contributed by atoms with Crippen LogP contribution >= 0.6 is 0 Å². The number of benzene rings is 2. The number of aromatic nitrogens is 3. The summed E-state index contributed by atoms with van der Waals surface area (Å²) >= 11 is 0. The van der Waals surface area contributed by atoms with E-state index in [0.717, 1.165) is 72.2 Å². The van der Waals surface area contributed by atoms with Crippen LogP contribution in [0.5, 0.6) is 5.75 Å². The lowest BCUT2D eigenvalue weighted by Crippen LogP contribution is -2.19. The molecule has 0 N–H and O–H groups in total. The molecule has 2 atom stereocenters. The normalized spacial score (nSPS) is 20.0. The van der Waals surface area contributed by atoms with Crippen LogP contribution in [0.2, 0.25) is 0 Å². The molecule has 1 aliphatic heterocycles. The van der Waals surface area contributed by atoms with Gasteiger partial charge in [0.1, 0.15) is 17.5 Å². The largest absolute Gasteiger partial charge is 0.486 e. The van der Waals surface area contributed by atoms with E-state index in [2.05, 4.69) is 17.1 Å². The SMILES string of the molecule is Cc1c(C#N)ccc2c1CCC2Oc1ccc2c(c1)c(-c1cnco1)nn2C1CCCCO1. The number of ether oxygens (including phenoxy) is 2. The van der Waals surface area contributed by atoms with Gasteiger partial charge in [0.2, 0.25) is 0 Å². The highest BCUT2D eigenvalue weighted by Crippen LogP contribution is 2.40. The van der Waals surface area contributed by atoms with Crippen LogP contribution in [0.1, 0.15) is 60.3 Å². The Bertz CT molecular complexity index is 1360. The molecule has 6 rings (SSSR count). The fraction of sp³-hybridized carbons (Fsp3) is 0.346. The first-order valence-electron chi connectivity index (χ1n) is 11.4. The van der Waals surface area contributed by atoms with Crippen molar-refractivity contribution in [1.29, 1.82) is 5.26 Å². The van der Waals surface area contributed by atoms with Gasteiger partial charge in [-0.25, -0.2) is 9.67 Å². The highest BCUT2D eigenvalue weighted by Gasteiger charge is 2.28. The average Bonchev–Trinajstić information content (AvgIpc) is 3.59. The van der Waals surface area contributed by atoms with Crippen molar-refractivity contribution in [1.82, 2.24) is 14.8 Å². The number of rotatable bonds is 4. The van der Waals surface area contributed by atoms with Gasteiger partial charge in [0.25, 0.3) is 0 Å². The van der Waals surface area contributed by atoms with Crippen molar-refractivity contribution in [3.63, 3.8) is 0 Å². The fourth-order valence-electron chi connectivity index (χ4n) is 5.09. The van der Waals surface area contributed by atoms with E-state index in [0.29, 0.717) is 5.76 Å². The van der Waals surface area contributed by atoms with E-state index in [4.69, 9.17) is 19.0 Å². The summed E-state index contributed by atoms with van der Waals surface area (Å²) in [6.07, 6.45) is 7.96. The molecule has 2 aliphatic rings. The molecule has 2 aromatic heterocycles. The zero-order valence-electron chi connectivity index (χ0n) is 18.5. The molecule has 1 aliphatic carbocycles. The van der Waals surface area contributed by atoms with Crippen molar-refractivity contribution in [2.24, 2.45) is 0 Å². The second-order valence-electron chi connectivity index (χ2n) is 8.72. The maximum Gasteiger partial charge on any atom is 0.181 e. The molecule has 3 heterocycles. The second-order valence-corrected chi connectivity index (χ2v) is 8.72. The maximum atomic E-state index is 9.34. The molecule has 2 aromatic carbocycles. The topological polar surface area (TPSA) is 86.1 Å². The van der Waals surface area contributed by atoms with E-state index >= 15 is 0 Å². The van der Waals surface area contributed by atoms with Crippen LogP contribution < -0.4 is 4.74 Å². The van der Waals surface area contributed by atoms with E-state index in [1.54, 1.807) is 6.20 Å². The summed E-state index contributed by atoms with van der Waals surface area (Å²) in [4.78, 5) is 4.08. The molecular weight excluding hydrogens is 416 g/mol. The minimum atomic E-state index is -0.0799. The van der Waals surface area contributed by atoms with Gasteiger partial charge < -0.3 is 13.9 Å². The van der Waals surface area contributed by atoms with Crippen LogP contribution in [0, 0.1) is 18.3 Å². The molecule has 4 aromatic rings. The van der Waals surface area contributed by atoms with Crippen LogP contribution in [0.25, 0.3) is 22.4 Å². The van der Waals surface area contributed by atoms with E-state index in [1.165, 1.54) is 17.5 Å². The summed E-state index contributed by atoms with van der Waals surface area (Å²) in [5, 5.41) is 15.2. The summed E-state index contributed by atoms with van der Waals surface area (Å²) < 4.78 is 20.0. The maximum absolute atomic E-state index is 9.34. The third kappa shape index (κ3) is 3.38. The van der Waals surface area contributed by atoms with Crippen molar-refractivity contribution in [3.8, 4) is 23.3 Å². The zero-order valence-corrected chi connectivity index (χ0v) is 18.5. The van der Waals surface area contributed by atoms with Crippen molar-refractivity contribution >= 4 is 10.9 Å². The van der Waals surface area contributed by atoms with Crippen molar-refractivity contribution in [3.05, 3.63) is 65.2 Å². The molecule has 7 heteroatoms.